The highest BCUT2D eigenvalue weighted by molar-refractivity contribution is 7.92. The van der Waals surface area contributed by atoms with Gasteiger partial charge in [0.25, 0.3) is 10.0 Å². The van der Waals surface area contributed by atoms with Crippen molar-refractivity contribution in [3.63, 3.8) is 0 Å². The van der Waals surface area contributed by atoms with Crippen molar-refractivity contribution in [3.8, 4) is 0 Å². The summed E-state index contributed by atoms with van der Waals surface area (Å²) in [5, 5.41) is 14.0. The van der Waals surface area contributed by atoms with E-state index in [0.717, 1.165) is 12.3 Å². The second kappa shape index (κ2) is 9.02. The van der Waals surface area contributed by atoms with Gasteiger partial charge >= 0.3 is 0 Å². The summed E-state index contributed by atoms with van der Waals surface area (Å²) in [6.45, 7) is 4.03. The number of nitrogens with zero attached hydrogens (tertiary/aromatic N) is 1. The van der Waals surface area contributed by atoms with E-state index in [0.29, 0.717) is 24.0 Å². The number of amidine groups is 1. The van der Waals surface area contributed by atoms with E-state index in [1.54, 1.807) is 24.3 Å². The first-order valence-corrected chi connectivity index (χ1v) is 14.5. The Bertz CT molecular complexity index is 1530. The van der Waals surface area contributed by atoms with E-state index >= 15 is 0 Å². The number of sulfonamides is 2. The maximum Gasteiger partial charge on any atom is 0.286 e. The molecule has 1 aliphatic heterocycles. The van der Waals surface area contributed by atoms with Crippen molar-refractivity contribution < 1.29 is 31.5 Å². The molecule has 1 unspecified atom stereocenters. The highest BCUT2D eigenvalue weighted by atomic mass is 32.2. The van der Waals surface area contributed by atoms with Gasteiger partial charge in [-0.15, -0.1) is 4.40 Å². The number of Topliss-reactive ketones (excluding diaryl/α,β-unsaturated/α-hetero) is 1. The molecule has 0 fully saturated rings. The summed E-state index contributed by atoms with van der Waals surface area (Å²) in [6, 6.07) is 10.7. The predicted molar refractivity (Wildman–Crippen MR) is 137 cm³/mol. The third kappa shape index (κ3) is 4.51. The summed E-state index contributed by atoms with van der Waals surface area (Å²) in [7, 11) is -6.59. The van der Waals surface area contributed by atoms with Crippen LogP contribution in [0.25, 0.3) is 5.76 Å². The van der Waals surface area contributed by atoms with Crippen LogP contribution < -0.4 is 10.0 Å². The number of rotatable bonds is 7. The van der Waals surface area contributed by atoms with Gasteiger partial charge in [0.15, 0.2) is 11.4 Å². The number of hydrogen-bond donors (Lipinski definition) is 3. The van der Waals surface area contributed by atoms with E-state index in [9.17, 15) is 26.7 Å². The van der Waals surface area contributed by atoms with E-state index in [4.69, 9.17) is 4.74 Å². The molecule has 0 saturated carbocycles. The zero-order valence-electron chi connectivity index (χ0n) is 20.2. The van der Waals surface area contributed by atoms with Crippen LogP contribution >= 0.6 is 0 Å². The molecule has 2 aromatic rings. The normalized spacial score (nSPS) is 20.9. The first-order chi connectivity index (χ1) is 16.8. The van der Waals surface area contributed by atoms with Gasteiger partial charge in [-0.1, -0.05) is 38.1 Å². The number of anilines is 2. The van der Waals surface area contributed by atoms with Crippen molar-refractivity contribution in [3.05, 3.63) is 59.2 Å². The number of ether oxygens (including phenoxy) is 1. The van der Waals surface area contributed by atoms with Crippen molar-refractivity contribution in [1.82, 2.24) is 0 Å². The number of fused-ring (bicyclic) bond motifs is 2. The van der Waals surface area contributed by atoms with Gasteiger partial charge in [-0.2, -0.15) is 8.42 Å². The molecular weight excluding hydrogens is 506 g/mol. The Hall–Kier alpha value is -3.22. The van der Waals surface area contributed by atoms with Crippen LogP contribution in [0.1, 0.15) is 37.8 Å². The number of ketones is 1. The van der Waals surface area contributed by atoms with Crippen LogP contribution in [0.5, 0.6) is 0 Å². The molecule has 192 valence electrons. The van der Waals surface area contributed by atoms with E-state index in [2.05, 4.69) is 14.4 Å². The predicted octanol–water partition coefficient (Wildman–Crippen LogP) is 3.40. The first-order valence-electron chi connectivity index (χ1n) is 11.2. The zero-order valence-corrected chi connectivity index (χ0v) is 21.8. The summed E-state index contributed by atoms with van der Waals surface area (Å²) in [5.41, 5.74) is -0.784. The molecule has 3 N–H and O–H groups in total. The van der Waals surface area contributed by atoms with Gasteiger partial charge < -0.3 is 15.2 Å². The van der Waals surface area contributed by atoms with E-state index < -0.39 is 37.2 Å². The van der Waals surface area contributed by atoms with Crippen molar-refractivity contribution in [2.75, 3.05) is 23.4 Å². The molecule has 0 spiro atoms. The number of aliphatic hydroxyl groups is 1. The first kappa shape index (κ1) is 25.9. The molecule has 2 aliphatic rings. The molecule has 10 nitrogen and oxygen atoms in total. The fraction of sp³-hybridized carbons (Fsp3) is 0.333. The Kier molecular flexibility index (Phi) is 6.48. The van der Waals surface area contributed by atoms with E-state index in [1.807, 2.05) is 13.8 Å². The van der Waals surface area contributed by atoms with Gasteiger partial charge in [0.2, 0.25) is 15.8 Å². The fourth-order valence-corrected chi connectivity index (χ4v) is 6.12. The molecule has 2 aromatic carbocycles. The highest BCUT2D eigenvalue weighted by Crippen LogP contribution is 2.45. The van der Waals surface area contributed by atoms with Gasteiger partial charge in [-0.05, 0) is 37.0 Å². The molecule has 0 aromatic heterocycles. The molecule has 36 heavy (non-hydrogen) atoms. The molecule has 0 bridgehead atoms. The summed E-state index contributed by atoms with van der Waals surface area (Å²) in [5.74, 6) is -1.10. The number of methoxy groups -OCH3 is 1. The Morgan fingerprint density at radius 2 is 1.89 bits per heavy atom. The Morgan fingerprint density at radius 3 is 2.53 bits per heavy atom. The van der Waals surface area contributed by atoms with Crippen LogP contribution in [0.2, 0.25) is 0 Å². The highest BCUT2D eigenvalue weighted by Gasteiger charge is 2.50. The summed E-state index contributed by atoms with van der Waals surface area (Å²) in [6.07, 6.45) is 1.89. The van der Waals surface area contributed by atoms with Crippen LogP contribution in [0.15, 0.2) is 57.3 Å². The van der Waals surface area contributed by atoms with Crippen LogP contribution in [-0.2, 0) is 35.2 Å². The number of hydrogen-bond acceptors (Lipinski definition) is 8. The molecule has 0 radical (unpaired) electrons. The van der Waals surface area contributed by atoms with E-state index in [1.165, 1.54) is 19.2 Å². The lowest BCUT2D eigenvalue weighted by Gasteiger charge is -2.38. The van der Waals surface area contributed by atoms with Gasteiger partial charge in [0.1, 0.15) is 16.2 Å². The maximum atomic E-state index is 14.0. The van der Waals surface area contributed by atoms with E-state index in [-0.39, 0.29) is 33.6 Å². The third-order valence-corrected chi connectivity index (χ3v) is 8.06. The Balaban J connectivity index is 1.86. The lowest BCUT2D eigenvalue weighted by molar-refractivity contribution is -0.139. The summed E-state index contributed by atoms with van der Waals surface area (Å²) >= 11 is 0. The average Bonchev–Trinajstić information content (AvgIpc) is 2.78. The molecule has 1 atom stereocenters. The largest absolute Gasteiger partial charge is 0.506 e. The quantitative estimate of drug-likeness (QED) is 0.490. The number of benzene rings is 2. The standard InChI is InChI=1S/C24H27N3O7S2/c1-14(2)11-12-24(34-3)17-8-6-5-7-16(17)21(28)20(22(24)29)23-25-18-10-9-15(26-35(4,30)31)13-19(18)36(32,33)27-23/h5-10,13-14,26,28H,11-12H2,1-4H3,(H,25,27). The summed E-state index contributed by atoms with van der Waals surface area (Å²) in [4.78, 5) is 13.7. The average molecular weight is 534 g/mol. The number of aliphatic hydroxyl groups excluding tert-OH is 1. The van der Waals surface area contributed by atoms with Crippen molar-refractivity contribution in [2.45, 2.75) is 37.2 Å². The lowest BCUT2D eigenvalue weighted by Crippen LogP contribution is -2.45. The number of nitrogens with one attached hydrogen (secondary N) is 2. The molecular formula is C24H27N3O7S2. The fourth-order valence-electron chi connectivity index (χ4n) is 4.42. The zero-order chi connectivity index (χ0) is 26.5. The van der Waals surface area contributed by atoms with Crippen LogP contribution in [0, 0.1) is 5.92 Å². The third-order valence-electron chi connectivity index (χ3n) is 6.13. The number of carbonyl (C=O) groups is 1. The van der Waals surface area contributed by atoms with Crippen molar-refractivity contribution in [1.29, 1.82) is 0 Å². The Labute approximate surface area is 210 Å². The van der Waals surface area contributed by atoms with Gasteiger partial charge in [-0.25, -0.2) is 8.42 Å². The second-order valence-electron chi connectivity index (χ2n) is 9.19. The molecule has 12 heteroatoms. The molecule has 0 saturated heterocycles. The van der Waals surface area contributed by atoms with Gasteiger partial charge in [-0.3, -0.25) is 9.52 Å². The molecule has 1 aliphatic carbocycles. The molecule has 1 heterocycles. The van der Waals surface area contributed by atoms with Crippen LogP contribution in [0.3, 0.4) is 0 Å². The van der Waals surface area contributed by atoms with Crippen LogP contribution in [-0.4, -0.2) is 46.9 Å². The van der Waals surface area contributed by atoms with Gasteiger partial charge in [0.05, 0.1) is 11.9 Å². The lowest BCUT2D eigenvalue weighted by atomic mass is 9.73. The smallest absolute Gasteiger partial charge is 0.286 e. The minimum absolute atomic E-state index is 0.0390. The monoisotopic (exact) mass is 533 g/mol. The van der Waals surface area contributed by atoms with Crippen LogP contribution in [0.4, 0.5) is 11.4 Å². The molecule has 0 amide bonds. The molecule has 4 rings (SSSR count). The van der Waals surface area contributed by atoms with Gasteiger partial charge in [0, 0.05) is 23.9 Å². The minimum Gasteiger partial charge on any atom is -0.506 e. The SMILES string of the molecule is COC1(CCC(C)C)C(=O)C(C2=NS(=O)(=O)c3cc(NS(C)(=O)=O)ccc3N2)=C(O)c2ccccc21. The topological polar surface area (TPSA) is 151 Å². The maximum absolute atomic E-state index is 14.0. The number of carbonyl (C=O) groups excluding carboxylic acids is 1. The minimum atomic E-state index is -4.36. The Morgan fingerprint density at radius 1 is 1.19 bits per heavy atom. The van der Waals surface area contributed by atoms with Crippen molar-refractivity contribution in [2.24, 2.45) is 10.3 Å². The second-order valence-corrected chi connectivity index (χ2v) is 12.5. The van der Waals surface area contributed by atoms with Crippen molar-refractivity contribution >= 4 is 48.8 Å². The summed E-state index contributed by atoms with van der Waals surface area (Å²) < 4.78 is 61.2.